The van der Waals surface area contributed by atoms with Crippen LogP contribution in [0.2, 0.25) is 0 Å². The largest absolute Gasteiger partial charge is 0.351 e. The lowest BCUT2D eigenvalue weighted by Crippen LogP contribution is -2.39. The predicted octanol–water partition coefficient (Wildman–Crippen LogP) is 3.49. The van der Waals surface area contributed by atoms with Crippen molar-refractivity contribution in [1.82, 2.24) is 10.3 Å². The van der Waals surface area contributed by atoms with Gasteiger partial charge in [-0.2, -0.15) is 0 Å². The maximum atomic E-state index is 14.7. The summed E-state index contributed by atoms with van der Waals surface area (Å²) in [5.74, 6) is 0.350. The molecule has 3 nitrogen and oxygen atoms in total. The van der Waals surface area contributed by atoms with Crippen LogP contribution >= 0.6 is 0 Å². The summed E-state index contributed by atoms with van der Waals surface area (Å²) in [5.41, 5.74) is 0.677. The van der Waals surface area contributed by atoms with Gasteiger partial charge in [-0.25, -0.2) is 9.37 Å². The Bertz CT molecular complexity index is 454. The van der Waals surface area contributed by atoms with E-state index in [4.69, 9.17) is 0 Å². The first-order chi connectivity index (χ1) is 9.38. The van der Waals surface area contributed by atoms with E-state index in [-0.39, 0.29) is 11.4 Å². The number of hydrogen-bond acceptors (Lipinski definition) is 3. The van der Waals surface area contributed by atoms with Crippen molar-refractivity contribution in [2.45, 2.75) is 65.1 Å². The van der Waals surface area contributed by atoms with E-state index >= 15 is 0 Å². The molecule has 0 saturated carbocycles. The van der Waals surface area contributed by atoms with Crippen molar-refractivity contribution < 1.29 is 4.39 Å². The summed E-state index contributed by atoms with van der Waals surface area (Å²) in [5, 5.41) is 3.33. The molecule has 4 heteroatoms. The molecule has 0 aliphatic carbocycles. The summed E-state index contributed by atoms with van der Waals surface area (Å²) in [4.78, 5) is 6.39. The van der Waals surface area contributed by atoms with E-state index in [1.807, 2.05) is 0 Å². The Balaban J connectivity index is 2.18. The highest BCUT2D eigenvalue weighted by molar-refractivity contribution is 5.44. The van der Waals surface area contributed by atoms with Crippen LogP contribution < -0.4 is 10.2 Å². The van der Waals surface area contributed by atoms with Crippen molar-refractivity contribution in [3.05, 3.63) is 23.6 Å². The van der Waals surface area contributed by atoms with Gasteiger partial charge in [-0.1, -0.05) is 0 Å². The second kappa shape index (κ2) is 6.08. The quantitative estimate of drug-likeness (QED) is 0.918. The summed E-state index contributed by atoms with van der Waals surface area (Å²) >= 11 is 0. The molecule has 1 aliphatic heterocycles. The molecule has 0 bridgehead atoms. The van der Waals surface area contributed by atoms with E-state index < -0.39 is 0 Å². The first-order valence-corrected chi connectivity index (χ1v) is 7.53. The fraction of sp³-hybridized carbons (Fsp3) is 0.688. The minimum Gasteiger partial charge on any atom is -0.351 e. The van der Waals surface area contributed by atoms with Crippen molar-refractivity contribution >= 4 is 5.82 Å². The second-order valence-electron chi connectivity index (χ2n) is 6.75. The van der Waals surface area contributed by atoms with Crippen LogP contribution in [-0.2, 0) is 6.54 Å². The Kier molecular flexibility index (Phi) is 4.63. The number of nitrogens with one attached hydrogen (secondary N) is 1. The Labute approximate surface area is 121 Å². The molecule has 0 radical (unpaired) electrons. The van der Waals surface area contributed by atoms with Gasteiger partial charge < -0.3 is 10.2 Å². The molecule has 0 aromatic carbocycles. The van der Waals surface area contributed by atoms with E-state index in [0.717, 1.165) is 19.4 Å². The summed E-state index contributed by atoms with van der Waals surface area (Å²) in [6, 6.07) is 2.14. The molecule has 0 amide bonds. The van der Waals surface area contributed by atoms with Crippen molar-refractivity contribution in [2.24, 2.45) is 0 Å². The fourth-order valence-corrected chi connectivity index (χ4v) is 2.58. The van der Waals surface area contributed by atoms with Gasteiger partial charge in [0, 0.05) is 36.4 Å². The number of aromatic nitrogens is 1. The summed E-state index contributed by atoms with van der Waals surface area (Å²) in [7, 11) is 0. The van der Waals surface area contributed by atoms with Gasteiger partial charge in [0.05, 0.1) is 0 Å². The standard InChI is InChI=1S/C16H26FN3/c1-12-7-5-6-10-20(12)15-14(17)13(8-9-18-15)11-19-16(2,3)4/h8-9,12,19H,5-7,10-11H2,1-4H3. The highest BCUT2D eigenvalue weighted by atomic mass is 19.1. The van der Waals surface area contributed by atoms with Gasteiger partial charge in [0.2, 0.25) is 0 Å². The van der Waals surface area contributed by atoms with E-state index in [2.05, 4.69) is 42.9 Å². The zero-order chi connectivity index (χ0) is 14.8. The molecule has 1 saturated heterocycles. The molecule has 1 N–H and O–H groups in total. The molecule has 1 atom stereocenters. The minimum atomic E-state index is -0.169. The fourth-order valence-electron chi connectivity index (χ4n) is 2.58. The molecule has 20 heavy (non-hydrogen) atoms. The lowest BCUT2D eigenvalue weighted by molar-refractivity contribution is 0.416. The smallest absolute Gasteiger partial charge is 0.170 e. The van der Waals surface area contributed by atoms with Crippen molar-refractivity contribution in [3.8, 4) is 0 Å². The van der Waals surface area contributed by atoms with Crippen LogP contribution in [-0.4, -0.2) is 23.1 Å². The van der Waals surface area contributed by atoms with Crippen LogP contribution in [0, 0.1) is 5.82 Å². The van der Waals surface area contributed by atoms with E-state index in [9.17, 15) is 4.39 Å². The summed E-state index contributed by atoms with van der Waals surface area (Å²) < 4.78 is 14.7. The van der Waals surface area contributed by atoms with Crippen molar-refractivity contribution in [3.63, 3.8) is 0 Å². The van der Waals surface area contributed by atoms with Crippen LogP contribution in [0.25, 0.3) is 0 Å². The van der Waals surface area contributed by atoms with Gasteiger partial charge >= 0.3 is 0 Å². The monoisotopic (exact) mass is 279 g/mol. The zero-order valence-corrected chi connectivity index (χ0v) is 13.0. The molecule has 1 aliphatic rings. The molecular weight excluding hydrogens is 253 g/mol. The third-order valence-electron chi connectivity index (χ3n) is 3.83. The highest BCUT2D eigenvalue weighted by Crippen LogP contribution is 2.26. The average molecular weight is 279 g/mol. The Morgan fingerprint density at radius 2 is 2.15 bits per heavy atom. The van der Waals surface area contributed by atoms with Crippen LogP contribution in [0.1, 0.15) is 52.5 Å². The Morgan fingerprint density at radius 3 is 2.80 bits per heavy atom. The van der Waals surface area contributed by atoms with Gasteiger partial charge in [-0.05, 0) is 53.0 Å². The lowest BCUT2D eigenvalue weighted by atomic mass is 10.0. The molecule has 2 heterocycles. The topological polar surface area (TPSA) is 28.2 Å². The van der Waals surface area contributed by atoms with Crippen LogP contribution in [0.4, 0.5) is 10.2 Å². The first-order valence-electron chi connectivity index (χ1n) is 7.53. The molecule has 2 rings (SSSR count). The molecule has 1 fully saturated rings. The number of nitrogens with zero attached hydrogens (tertiary/aromatic N) is 2. The van der Waals surface area contributed by atoms with Gasteiger partial charge in [0.1, 0.15) is 0 Å². The van der Waals surface area contributed by atoms with Crippen LogP contribution in [0.5, 0.6) is 0 Å². The number of hydrogen-bond donors (Lipinski definition) is 1. The molecule has 112 valence electrons. The molecule has 1 unspecified atom stereocenters. The van der Waals surface area contributed by atoms with E-state index in [0.29, 0.717) is 24.0 Å². The highest BCUT2D eigenvalue weighted by Gasteiger charge is 2.23. The third-order valence-corrected chi connectivity index (χ3v) is 3.83. The first kappa shape index (κ1) is 15.2. The van der Waals surface area contributed by atoms with E-state index in [1.165, 1.54) is 6.42 Å². The SMILES string of the molecule is CC1CCCCN1c1nccc(CNC(C)(C)C)c1F. The number of pyridine rings is 1. The minimum absolute atomic E-state index is 0.0196. The maximum Gasteiger partial charge on any atom is 0.170 e. The molecule has 1 aromatic rings. The number of anilines is 1. The van der Waals surface area contributed by atoms with Crippen molar-refractivity contribution in [2.75, 3.05) is 11.4 Å². The van der Waals surface area contributed by atoms with Gasteiger partial charge in [0.15, 0.2) is 11.6 Å². The van der Waals surface area contributed by atoms with Gasteiger partial charge in [-0.3, -0.25) is 0 Å². The molecule has 1 aromatic heterocycles. The maximum absolute atomic E-state index is 14.7. The lowest BCUT2D eigenvalue weighted by Gasteiger charge is -2.34. The summed E-state index contributed by atoms with van der Waals surface area (Å²) in [6.45, 7) is 9.84. The summed E-state index contributed by atoms with van der Waals surface area (Å²) in [6.07, 6.45) is 5.19. The van der Waals surface area contributed by atoms with E-state index in [1.54, 1.807) is 12.3 Å². The normalized spacial score (nSPS) is 20.2. The number of piperidine rings is 1. The molecule has 0 spiro atoms. The van der Waals surface area contributed by atoms with Crippen LogP contribution in [0.15, 0.2) is 12.3 Å². The van der Waals surface area contributed by atoms with Crippen molar-refractivity contribution in [1.29, 1.82) is 0 Å². The number of rotatable bonds is 3. The zero-order valence-electron chi connectivity index (χ0n) is 13.0. The van der Waals surface area contributed by atoms with Gasteiger partial charge in [0.25, 0.3) is 0 Å². The average Bonchev–Trinajstić information content (AvgIpc) is 2.38. The number of halogens is 1. The molecular formula is C16H26FN3. The second-order valence-corrected chi connectivity index (χ2v) is 6.75. The Hall–Kier alpha value is -1.16. The van der Waals surface area contributed by atoms with Gasteiger partial charge in [-0.15, -0.1) is 0 Å². The predicted molar refractivity (Wildman–Crippen MR) is 81.4 cm³/mol. The van der Waals surface area contributed by atoms with Crippen LogP contribution in [0.3, 0.4) is 0 Å². The third kappa shape index (κ3) is 3.69. The Morgan fingerprint density at radius 1 is 1.40 bits per heavy atom.